The molecule has 3 aromatic rings. The summed E-state index contributed by atoms with van der Waals surface area (Å²) in [7, 11) is 0. The number of amides is 2. The monoisotopic (exact) mass is 279 g/mol. The van der Waals surface area contributed by atoms with E-state index in [9.17, 15) is 4.79 Å². The first kappa shape index (κ1) is 12.9. The molecular weight excluding hydrogens is 266 g/mol. The summed E-state index contributed by atoms with van der Waals surface area (Å²) in [6.07, 6.45) is 7.05. The Bertz CT molecular complexity index is 708. The summed E-state index contributed by atoms with van der Waals surface area (Å²) in [4.78, 5) is 19.6. The summed E-state index contributed by atoms with van der Waals surface area (Å²) in [5, 5.41) is 5.28. The highest BCUT2D eigenvalue weighted by atomic mass is 16.2. The summed E-state index contributed by atoms with van der Waals surface area (Å²) < 4.78 is 1.99. The van der Waals surface area contributed by atoms with Crippen LogP contribution in [-0.4, -0.2) is 20.6 Å². The number of rotatable bonds is 3. The minimum atomic E-state index is -0.380. The predicted octanol–water partition coefficient (Wildman–Crippen LogP) is 2.91. The van der Waals surface area contributed by atoms with Gasteiger partial charge in [0.25, 0.3) is 0 Å². The highest BCUT2D eigenvalue weighted by Crippen LogP contribution is 2.13. The van der Waals surface area contributed by atoms with Crippen molar-refractivity contribution < 1.29 is 4.79 Å². The number of carbonyl (C=O) groups is 1. The standard InChI is InChI=1S/C15H13N5O/c21-15(19-14-16-8-3-9-17-14)18-12-4-6-13(7-5-12)20-10-1-2-11-20/h1-11H,(H2,16,17,18,19,21). The van der Waals surface area contributed by atoms with Gasteiger partial charge in [0, 0.05) is 36.2 Å². The van der Waals surface area contributed by atoms with E-state index in [-0.39, 0.29) is 12.0 Å². The fourth-order valence-corrected chi connectivity index (χ4v) is 1.85. The number of benzene rings is 1. The van der Waals surface area contributed by atoms with E-state index in [1.165, 1.54) is 0 Å². The Balaban J connectivity index is 1.64. The Labute approximate surface area is 121 Å². The lowest BCUT2D eigenvalue weighted by molar-refractivity contribution is 0.262. The van der Waals surface area contributed by atoms with Gasteiger partial charge in [-0.1, -0.05) is 0 Å². The molecule has 0 saturated carbocycles. The van der Waals surface area contributed by atoms with Crippen LogP contribution < -0.4 is 10.6 Å². The van der Waals surface area contributed by atoms with Crippen molar-refractivity contribution in [1.82, 2.24) is 14.5 Å². The lowest BCUT2D eigenvalue weighted by Gasteiger charge is -2.07. The second-order valence-corrected chi connectivity index (χ2v) is 4.29. The average Bonchev–Trinajstić information content (AvgIpc) is 3.03. The second-order valence-electron chi connectivity index (χ2n) is 4.29. The van der Waals surface area contributed by atoms with Crippen LogP contribution in [0.2, 0.25) is 0 Å². The fraction of sp³-hybridized carbons (Fsp3) is 0. The van der Waals surface area contributed by atoms with Crippen LogP contribution in [0.1, 0.15) is 0 Å². The summed E-state index contributed by atoms with van der Waals surface area (Å²) in [5.41, 5.74) is 1.72. The largest absolute Gasteiger partial charge is 0.326 e. The van der Waals surface area contributed by atoms with Gasteiger partial charge in [-0.15, -0.1) is 0 Å². The van der Waals surface area contributed by atoms with Crippen LogP contribution in [0, 0.1) is 0 Å². The molecule has 3 rings (SSSR count). The zero-order valence-electron chi connectivity index (χ0n) is 11.1. The van der Waals surface area contributed by atoms with Crippen LogP contribution in [0.4, 0.5) is 16.4 Å². The van der Waals surface area contributed by atoms with Crippen LogP contribution in [0.3, 0.4) is 0 Å². The van der Waals surface area contributed by atoms with Gasteiger partial charge < -0.3 is 9.88 Å². The zero-order valence-corrected chi connectivity index (χ0v) is 11.1. The molecule has 104 valence electrons. The summed E-state index contributed by atoms with van der Waals surface area (Å²) >= 11 is 0. The molecule has 0 atom stereocenters. The first-order valence-corrected chi connectivity index (χ1v) is 6.40. The molecule has 6 nitrogen and oxygen atoms in total. The smallest absolute Gasteiger partial charge is 0.324 e. The Morgan fingerprint density at radius 2 is 1.57 bits per heavy atom. The van der Waals surface area contributed by atoms with E-state index in [2.05, 4.69) is 20.6 Å². The number of aromatic nitrogens is 3. The van der Waals surface area contributed by atoms with Gasteiger partial charge in [0.15, 0.2) is 0 Å². The Morgan fingerprint density at radius 3 is 2.24 bits per heavy atom. The van der Waals surface area contributed by atoms with E-state index in [1.807, 2.05) is 53.4 Å². The van der Waals surface area contributed by atoms with Gasteiger partial charge in [0.2, 0.25) is 5.95 Å². The van der Waals surface area contributed by atoms with Gasteiger partial charge in [-0.05, 0) is 42.5 Å². The molecule has 1 aromatic carbocycles. The average molecular weight is 279 g/mol. The number of hydrogen-bond donors (Lipinski definition) is 2. The summed E-state index contributed by atoms with van der Waals surface area (Å²) in [5.74, 6) is 0.263. The number of hydrogen-bond acceptors (Lipinski definition) is 3. The zero-order chi connectivity index (χ0) is 14.5. The van der Waals surface area contributed by atoms with E-state index in [0.717, 1.165) is 5.69 Å². The second kappa shape index (κ2) is 5.87. The molecule has 2 aromatic heterocycles. The molecule has 0 spiro atoms. The number of nitrogens with one attached hydrogen (secondary N) is 2. The van der Waals surface area contributed by atoms with Crippen molar-refractivity contribution in [3.63, 3.8) is 0 Å². The number of carbonyl (C=O) groups excluding carboxylic acids is 1. The molecule has 0 fully saturated rings. The van der Waals surface area contributed by atoms with Crippen LogP contribution in [0.25, 0.3) is 5.69 Å². The van der Waals surface area contributed by atoms with E-state index in [4.69, 9.17) is 0 Å². The Hall–Kier alpha value is -3.15. The van der Waals surface area contributed by atoms with E-state index in [0.29, 0.717) is 5.69 Å². The van der Waals surface area contributed by atoms with Crippen molar-refractivity contribution in [1.29, 1.82) is 0 Å². The SMILES string of the molecule is O=C(Nc1ccc(-n2cccc2)cc1)Nc1ncccn1. The van der Waals surface area contributed by atoms with Crippen molar-refractivity contribution in [2.75, 3.05) is 10.6 Å². The molecular formula is C15H13N5O. The minimum absolute atomic E-state index is 0.263. The molecule has 0 aliphatic carbocycles. The van der Waals surface area contributed by atoms with Gasteiger partial charge >= 0.3 is 6.03 Å². The maximum Gasteiger partial charge on any atom is 0.326 e. The van der Waals surface area contributed by atoms with Gasteiger partial charge in [-0.3, -0.25) is 5.32 Å². The van der Waals surface area contributed by atoms with E-state index in [1.54, 1.807) is 18.5 Å². The molecule has 6 heteroatoms. The highest BCUT2D eigenvalue weighted by molar-refractivity contribution is 5.98. The molecule has 0 radical (unpaired) electrons. The summed E-state index contributed by atoms with van der Waals surface area (Å²) in [6.45, 7) is 0. The third-order valence-corrected chi connectivity index (χ3v) is 2.82. The lowest BCUT2D eigenvalue weighted by atomic mass is 10.3. The third-order valence-electron chi connectivity index (χ3n) is 2.82. The molecule has 0 unspecified atom stereocenters. The quantitative estimate of drug-likeness (QED) is 0.774. The molecule has 0 saturated heterocycles. The van der Waals surface area contributed by atoms with Gasteiger partial charge in [0.05, 0.1) is 0 Å². The highest BCUT2D eigenvalue weighted by Gasteiger charge is 2.04. The molecule has 0 bridgehead atoms. The minimum Gasteiger partial charge on any atom is -0.324 e. The number of urea groups is 1. The molecule has 2 N–H and O–H groups in total. The maximum absolute atomic E-state index is 11.8. The van der Waals surface area contributed by atoms with Crippen LogP contribution >= 0.6 is 0 Å². The molecule has 21 heavy (non-hydrogen) atoms. The van der Waals surface area contributed by atoms with Crippen LogP contribution in [-0.2, 0) is 0 Å². The fourth-order valence-electron chi connectivity index (χ4n) is 1.85. The normalized spacial score (nSPS) is 10.1. The first-order valence-electron chi connectivity index (χ1n) is 6.40. The number of nitrogens with zero attached hydrogens (tertiary/aromatic N) is 3. The van der Waals surface area contributed by atoms with E-state index < -0.39 is 0 Å². The summed E-state index contributed by atoms with van der Waals surface area (Å²) in [6, 6.07) is 12.7. The first-order chi connectivity index (χ1) is 10.3. The van der Waals surface area contributed by atoms with Crippen molar-refractivity contribution in [3.8, 4) is 5.69 Å². The topological polar surface area (TPSA) is 71.8 Å². The van der Waals surface area contributed by atoms with E-state index >= 15 is 0 Å². The van der Waals surface area contributed by atoms with Gasteiger partial charge in [0.1, 0.15) is 0 Å². The Kier molecular flexibility index (Phi) is 3.60. The molecule has 0 aliphatic heterocycles. The number of anilines is 2. The molecule has 2 amide bonds. The van der Waals surface area contributed by atoms with Crippen LogP contribution in [0.15, 0.2) is 67.3 Å². The van der Waals surface area contributed by atoms with Gasteiger partial charge in [-0.2, -0.15) is 0 Å². The predicted molar refractivity (Wildman–Crippen MR) is 80.4 cm³/mol. The Morgan fingerprint density at radius 1 is 0.905 bits per heavy atom. The lowest BCUT2D eigenvalue weighted by Crippen LogP contribution is -2.20. The van der Waals surface area contributed by atoms with Crippen molar-refractivity contribution in [3.05, 3.63) is 67.3 Å². The maximum atomic E-state index is 11.8. The van der Waals surface area contributed by atoms with Gasteiger partial charge in [-0.25, -0.2) is 14.8 Å². The molecule has 0 aliphatic rings. The third kappa shape index (κ3) is 3.24. The molecule has 2 heterocycles. The van der Waals surface area contributed by atoms with Crippen molar-refractivity contribution in [2.24, 2.45) is 0 Å². The van der Waals surface area contributed by atoms with Crippen LogP contribution in [0.5, 0.6) is 0 Å². The van der Waals surface area contributed by atoms with Crippen molar-refractivity contribution >= 4 is 17.7 Å². The van der Waals surface area contributed by atoms with Crippen molar-refractivity contribution in [2.45, 2.75) is 0 Å².